The Kier molecular flexibility index (Phi) is 5.16. The van der Waals surface area contributed by atoms with Gasteiger partial charge in [0.1, 0.15) is 5.15 Å². The molecule has 1 saturated heterocycles. The van der Waals surface area contributed by atoms with Crippen molar-refractivity contribution in [3.05, 3.63) is 57.3 Å². The summed E-state index contributed by atoms with van der Waals surface area (Å²) in [6.45, 7) is 1.14. The number of benzene rings is 1. The number of nitrogens with zero attached hydrogens (tertiary/aromatic N) is 2. The van der Waals surface area contributed by atoms with Crippen LogP contribution in [0.3, 0.4) is 0 Å². The summed E-state index contributed by atoms with van der Waals surface area (Å²) in [6.07, 6.45) is 3.05. The van der Waals surface area contributed by atoms with Gasteiger partial charge in [-0.1, -0.05) is 23.7 Å². The first-order chi connectivity index (χ1) is 11.5. The van der Waals surface area contributed by atoms with Gasteiger partial charge in [-0.15, -0.1) is 0 Å². The van der Waals surface area contributed by atoms with Gasteiger partial charge in [-0.3, -0.25) is 9.59 Å². The second-order valence-electron chi connectivity index (χ2n) is 5.49. The minimum Gasteiger partial charge on any atom is -0.348 e. The number of rotatable bonds is 4. The van der Waals surface area contributed by atoms with Gasteiger partial charge in [0.25, 0.3) is 5.91 Å². The van der Waals surface area contributed by atoms with Gasteiger partial charge in [0.15, 0.2) is 0 Å². The van der Waals surface area contributed by atoms with Crippen LogP contribution in [0.5, 0.6) is 0 Å². The fourth-order valence-corrected chi connectivity index (χ4v) is 3.09. The molecule has 0 unspecified atom stereocenters. The second-order valence-corrected chi connectivity index (χ2v) is 6.76. The van der Waals surface area contributed by atoms with Crippen LogP contribution in [0, 0.1) is 0 Å². The van der Waals surface area contributed by atoms with Crippen LogP contribution in [0.4, 0.5) is 5.69 Å². The lowest BCUT2D eigenvalue weighted by Crippen LogP contribution is -2.24. The van der Waals surface area contributed by atoms with Gasteiger partial charge >= 0.3 is 0 Å². The highest BCUT2D eigenvalue weighted by atomic mass is 79.9. The van der Waals surface area contributed by atoms with Crippen LogP contribution >= 0.6 is 27.5 Å². The van der Waals surface area contributed by atoms with E-state index in [-0.39, 0.29) is 17.0 Å². The lowest BCUT2D eigenvalue weighted by molar-refractivity contribution is -0.117. The number of hydrogen-bond acceptors (Lipinski definition) is 3. The van der Waals surface area contributed by atoms with Crippen LogP contribution in [0.15, 0.2) is 41.0 Å². The summed E-state index contributed by atoms with van der Waals surface area (Å²) in [4.78, 5) is 29.7. The molecule has 1 fully saturated rings. The van der Waals surface area contributed by atoms with Gasteiger partial charge in [0.05, 0.1) is 5.56 Å². The number of halogens is 2. The zero-order valence-corrected chi connectivity index (χ0v) is 15.1. The largest absolute Gasteiger partial charge is 0.348 e. The van der Waals surface area contributed by atoms with Crippen LogP contribution in [-0.2, 0) is 11.3 Å². The molecule has 0 saturated carbocycles. The fourth-order valence-electron chi connectivity index (χ4n) is 2.57. The first kappa shape index (κ1) is 16.9. The molecule has 2 amide bonds. The van der Waals surface area contributed by atoms with E-state index in [9.17, 15) is 9.59 Å². The number of aromatic nitrogens is 1. The fraction of sp³-hybridized carbons (Fsp3) is 0.235. The summed E-state index contributed by atoms with van der Waals surface area (Å²) in [6, 6.07) is 9.24. The van der Waals surface area contributed by atoms with Crippen molar-refractivity contribution in [3.8, 4) is 0 Å². The first-order valence-electron chi connectivity index (χ1n) is 7.53. The lowest BCUT2D eigenvalue weighted by atomic mass is 10.2. The van der Waals surface area contributed by atoms with Crippen LogP contribution in [0.25, 0.3) is 0 Å². The molecule has 0 bridgehead atoms. The van der Waals surface area contributed by atoms with E-state index in [0.717, 1.165) is 24.2 Å². The van der Waals surface area contributed by atoms with Crippen molar-refractivity contribution >= 4 is 45.0 Å². The van der Waals surface area contributed by atoms with Crippen molar-refractivity contribution in [2.75, 3.05) is 11.4 Å². The number of nitrogens with one attached hydrogen (secondary N) is 1. The minimum absolute atomic E-state index is 0.160. The maximum atomic E-state index is 12.2. The third-order valence-corrected chi connectivity index (χ3v) is 4.56. The van der Waals surface area contributed by atoms with E-state index in [1.807, 2.05) is 24.3 Å². The minimum atomic E-state index is -0.285. The molecule has 0 atom stereocenters. The van der Waals surface area contributed by atoms with Crippen molar-refractivity contribution in [1.29, 1.82) is 0 Å². The average molecular weight is 409 g/mol. The van der Waals surface area contributed by atoms with E-state index < -0.39 is 0 Å². The Morgan fingerprint density at radius 3 is 2.75 bits per heavy atom. The van der Waals surface area contributed by atoms with E-state index in [2.05, 4.69) is 26.2 Å². The number of hydrogen-bond donors (Lipinski definition) is 1. The van der Waals surface area contributed by atoms with E-state index in [4.69, 9.17) is 11.6 Å². The molecular formula is C17H15BrClN3O2. The molecule has 1 N–H and O–H groups in total. The third kappa shape index (κ3) is 3.76. The number of carbonyl (C=O) groups excluding carboxylic acids is 2. The molecule has 1 aliphatic heterocycles. The summed E-state index contributed by atoms with van der Waals surface area (Å²) in [5.41, 5.74) is 2.16. The summed E-state index contributed by atoms with van der Waals surface area (Å²) in [5, 5.41) is 2.98. The standard InChI is InChI=1S/C17H15BrClN3O2/c18-12-8-14(16(19)20-10-12)17(24)21-9-11-3-5-13(6-4-11)22-7-1-2-15(22)23/h3-6,8,10H,1-2,7,9H2,(H,21,24). The zero-order chi connectivity index (χ0) is 17.1. The van der Waals surface area contributed by atoms with Crippen molar-refractivity contribution in [2.45, 2.75) is 19.4 Å². The molecular weight excluding hydrogens is 394 g/mol. The van der Waals surface area contributed by atoms with Crippen LogP contribution in [0.1, 0.15) is 28.8 Å². The van der Waals surface area contributed by atoms with E-state index in [1.54, 1.807) is 11.0 Å². The second kappa shape index (κ2) is 7.32. The van der Waals surface area contributed by atoms with Gasteiger partial charge in [-0.2, -0.15) is 0 Å². The predicted molar refractivity (Wildman–Crippen MR) is 96.1 cm³/mol. The van der Waals surface area contributed by atoms with E-state index >= 15 is 0 Å². The highest BCUT2D eigenvalue weighted by Crippen LogP contribution is 2.22. The smallest absolute Gasteiger partial charge is 0.254 e. The van der Waals surface area contributed by atoms with Crippen LogP contribution in [-0.4, -0.2) is 23.3 Å². The lowest BCUT2D eigenvalue weighted by Gasteiger charge is -2.16. The Balaban J connectivity index is 1.63. The van der Waals surface area contributed by atoms with E-state index in [1.165, 1.54) is 6.20 Å². The molecule has 0 spiro atoms. The maximum absolute atomic E-state index is 12.2. The Hall–Kier alpha value is -1.92. The van der Waals surface area contributed by atoms with Gasteiger partial charge in [0, 0.05) is 35.9 Å². The molecule has 2 heterocycles. The van der Waals surface area contributed by atoms with Crippen molar-refractivity contribution in [1.82, 2.24) is 10.3 Å². The van der Waals surface area contributed by atoms with Crippen LogP contribution < -0.4 is 10.2 Å². The third-order valence-electron chi connectivity index (χ3n) is 3.82. The molecule has 124 valence electrons. The summed E-state index contributed by atoms with van der Waals surface area (Å²) in [7, 11) is 0. The molecule has 2 aromatic rings. The van der Waals surface area contributed by atoms with Gasteiger partial charge < -0.3 is 10.2 Å². The van der Waals surface area contributed by atoms with E-state index in [0.29, 0.717) is 23.0 Å². The summed E-state index contributed by atoms with van der Waals surface area (Å²) >= 11 is 9.22. The molecule has 0 aliphatic carbocycles. The normalized spacial score (nSPS) is 14.1. The molecule has 7 heteroatoms. The van der Waals surface area contributed by atoms with Crippen LogP contribution in [0.2, 0.25) is 5.15 Å². The van der Waals surface area contributed by atoms with Crippen molar-refractivity contribution in [3.63, 3.8) is 0 Å². The molecule has 5 nitrogen and oxygen atoms in total. The quantitative estimate of drug-likeness (QED) is 0.787. The summed E-state index contributed by atoms with van der Waals surface area (Å²) in [5.74, 6) is -0.125. The monoisotopic (exact) mass is 407 g/mol. The predicted octanol–water partition coefficient (Wildman–Crippen LogP) is 3.55. The first-order valence-corrected chi connectivity index (χ1v) is 8.70. The number of carbonyl (C=O) groups is 2. The Bertz CT molecular complexity index is 780. The molecule has 1 aliphatic rings. The summed E-state index contributed by atoms with van der Waals surface area (Å²) < 4.78 is 0.691. The average Bonchev–Trinajstić information content (AvgIpc) is 3.01. The van der Waals surface area contributed by atoms with Gasteiger partial charge in [-0.05, 0) is 46.1 Å². The number of anilines is 1. The molecule has 3 rings (SSSR count). The zero-order valence-electron chi connectivity index (χ0n) is 12.8. The van der Waals surface area contributed by atoms with Crippen molar-refractivity contribution < 1.29 is 9.59 Å². The highest BCUT2D eigenvalue weighted by Gasteiger charge is 2.21. The maximum Gasteiger partial charge on any atom is 0.254 e. The molecule has 1 aromatic heterocycles. The number of pyridine rings is 1. The SMILES string of the molecule is O=C(NCc1ccc(N2CCCC2=O)cc1)c1cc(Br)cnc1Cl. The topological polar surface area (TPSA) is 62.3 Å². The Labute approximate surface area is 153 Å². The van der Waals surface area contributed by atoms with Crippen molar-refractivity contribution in [2.24, 2.45) is 0 Å². The molecule has 1 aromatic carbocycles. The van der Waals surface area contributed by atoms with Gasteiger partial charge in [-0.25, -0.2) is 4.98 Å². The highest BCUT2D eigenvalue weighted by molar-refractivity contribution is 9.10. The number of amides is 2. The molecule has 24 heavy (non-hydrogen) atoms. The van der Waals surface area contributed by atoms with Gasteiger partial charge in [0.2, 0.25) is 5.91 Å². The Morgan fingerprint density at radius 1 is 1.33 bits per heavy atom. The Morgan fingerprint density at radius 2 is 2.08 bits per heavy atom. The molecule has 0 radical (unpaired) electrons.